The van der Waals surface area contributed by atoms with Crippen molar-refractivity contribution in [2.24, 2.45) is 0 Å². The van der Waals surface area contributed by atoms with Crippen LogP contribution in [0.5, 0.6) is 0 Å². The molecule has 0 spiro atoms. The highest BCUT2D eigenvalue weighted by Gasteiger charge is 2.21. The maximum atomic E-state index is 12.6. The first-order chi connectivity index (χ1) is 12.5. The molecule has 0 aromatic heterocycles. The lowest BCUT2D eigenvalue weighted by Crippen LogP contribution is -2.35. The summed E-state index contributed by atoms with van der Waals surface area (Å²) < 4.78 is 27.7. The normalized spacial score (nSPS) is 18.8. The number of benzene rings is 1. The molecule has 1 amide bonds. The van der Waals surface area contributed by atoms with E-state index in [1.165, 1.54) is 30.5 Å². The third-order valence-electron chi connectivity index (χ3n) is 5.03. The Hall–Kier alpha value is -1.70. The summed E-state index contributed by atoms with van der Waals surface area (Å²) in [7, 11) is -3.61. The zero-order valence-corrected chi connectivity index (χ0v) is 16.1. The second-order valence-electron chi connectivity index (χ2n) is 7.03. The average Bonchev–Trinajstić information content (AvgIpc) is 3.15. The topological polar surface area (TPSA) is 69.7 Å². The molecule has 0 radical (unpaired) electrons. The Morgan fingerprint density at radius 2 is 1.96 bits per heavy atom. The van der Waals surface area contributed by atoms with E-state index in [1.54, 1.807) is 17.0 Å². The fraction of sp³-hybridized carbons (Fsp3) is 0.526. The van der Waals surface area contributed by atoms with Crippen LogP contribution in [0.1, 0.15) is 36.5 Å². The van der Waals surface area contributed by atoms with Gasteiger partial charge in [0, 0.05) is 31.7 Å². The highest BCUT2D eigenvalue weighted by Crippen LogP contribution is 2.16. The van der Waals surface area contributed by atoms with Crippen molar-refractivity contribution in [3.8, 4) is 0 Å². The van der Waals surface area contributed by atoms with Gasteiger partial charge in [-0.15, -0.1) is 0 Å². The van der Waals surface area contributed by atoms with E-state index < -0.39 is 10.0 Å². The predicted molar refractivity (Wildman–Crippen MR) is 102 cm³/mol. The van der Waals surface area contributed by atoms with E-state index in [4.69, 9.17) is 0 Å². The zero-order chi connectivity index (χ0) is 18.6. The molecule has 1 aromatic carbocycles. The summed E-state index contributed by atoms with van der Waals surface area (Å²) in [6.07, 6.45) is 5.27. The number of nitrogens with zero attached hydrogens (tertiary/aromatic N) is 2. The lowest BCUT2D eigenvalue weighted by atomic mass is 10.1. The summed E-state index contributed by atoms with van der Waals surface area (Å²) in [5.41, 5.74) is 1.70. The second-order valence-corrected chi connectivity index (χ2v) is 8.79. The quantitative estimate of drug-likeness (QED) is 0.768. The Balaban J connectivity index is 1.64. The van der Waals surface area contributed by atoms with Crippen molar-refractivity contribution in [3.05, 3.63) is 41.5 Å². The predicted octanol–water partition coefficient (Wildman–Crippen LogP) is 1.85. The standard InChI is InChI=1S/C19H27N3O3S/c1-16-7-12-22(13-8-16)19(23)17-5-4-6-18(15-17)26(24,25)20-9-14-21-10-2-3-11-21/h4-7,15,20H,2-3,8-14H2,1H3. The number of likely N-dealkylation sites (tertiary alicyclic amines) is 1. The molecule has 0 atom stereocenters. The Morgan fingerprint density at radius 3 is 2.65 bits per heavy atom. The van der Waals surface area contributed by atoms with Crippen LogP contribution in [0.2, 0.25) is 0 Å². The number of amides is 1. The van der Waals surface area contributed by atoms with E-state index in [0.29, 0.717) is 25.2 Å². The highest BCUT2D eigenvalue weighted by molar-refractivity contribution is 7.89. The van der Waals surface area contributed by atoms with Crippen LogP contribution in [0.15, 0.2) is 40.8 Å². The molecule has 0 bridgehead atoms. The van der Waals surface area contributed by atoms with Gasteiger partial charge in [0.2, 0.25) is 10.0 Å². The van der Waals surface area contributed by atoms with Gasteiger partial charge in [-0.1, -0.05) is 17.7 Å². The third kappa shape index (κ3) is 4.72. The number of hydrogen-bond acceptors (Lipinski definition) is 4. The van der Waals surface area contributed by atoms with Crippen LogP contribution in [0.25, 0.3) is 0 Å². The summed E-state index contributed by atoms with van der Waals surface area (Å²) in [4.78, 5) is 16.8. The minimum atomic E-state index is -3.61. The van der Waals surface area contributed by atoms with Gasteiger partial charge < -0.3 is 9.80 Å². The first kappa shape index (κ1) is 19.1. The first-order valence-corrected chi connectivity index (χ1v) is 10.7. The number of carbonyl (C=O) groups excluding carboxylic acids is 1. The molecule has 1 aromatic rings. The molecule has 1 N–H and O–H groups in total. The smallest absolute Gasteiger partial charge is 0.254 e. The fourth-order valence-corrected chi connectivity index (χ4v) is 4.43. The fourth-order valence-electron chi connectivity index (χ4n) is 3.36. The van der Waals surface area contributed by atoms with Gasteiger partial charge in [0.1, 0.15) is 0 Å². The Kier molecular flexibility index (Phi) is 6.11. The molecule has 2 aliphatic rings. The minimum Gasteiger partial charge on any atom is -0.335 e. The maximum Gasteiger partial charge on any atom is 0.254 e. The van der Waals surface area contributed by atoms with E-state index >= 15 is 0 Å². The van der Waals surface area contributed by atoms with Crippen LogP contribution in [0.4, 0.5) is 0 Å². The number of nitrogens with one attached hydrogen (secondary N) is 1. The van der Waals surface area contributed by atoms with Crippen LogP contribution < -0.4 is 4.72 Å². The zero-order valence-electron chi connectivity index (χ0n) is 15.3. The van der Waals surface area contributed by atoms with Crippen LogP contribution in [0, 0.1) is 0 Å². The molecule has 2 aliphatic heterocycles. The molecule has 1 fully saturated rings. The van der Waals surface area contributed by atoms with Crippen molar-refractivity contribution in [1.29, 1.82) is 0 Å². The van der Waals surface area contributed by atoms with E-state index in [1.807, 2.05) is 6.08 Å². The van der Waals surface area contributed by atoms with Crippen LogP contribution in [-0.2, 0) is 10.0 Å². The van der Waals surface area contributed by atoms with Crippen LogP contribution >= 0.6 is 0 Å². The van der Waals surface area contributed by atoms with Gasteiger partial charge in [-0.2, -0.15) is 0 Å². The molecule has 7 heteroatoms. The second kappa shape index (κ2) is 8.33. The molecule has 6 nitrogen and oxygen atoms in total. The summed E-state index contributed by atoms with van der Waals surface area (Å²) in [6, 6.07) is 6.32. The van der Waals surface area contributed by atoms with Gasteiger partial charge in [-0.3, -0.25) is 4.79 Å². The Bertz CT molecular complexity index is 783. The third-order valence-corrected chi connectivity index (χ3v) is 6.49. The molecule has 1 saturated heterocycles. The maximum absolute atomic E-state index is 12.6. The summed E-state index contributed by atoms with van der Waals surface area (Å²) in [5, 5.41) is 0. The van der Waals surface area contributed by atoms with Gasteiger partial charge in [0.15, 0.2) is 0 Å². The molecule has 3 rings (SSSR count). The molecular weight excluding hydrogens is 350 g/mol. The van der Waals surface area contributed by atoms with E-state index in [2.05, 4.69) is 16.5 Å². The van der Waals surface area contributed by atoms with Gasteiger partial charge >= 0.3 is 0 Å². The molecule has 26 heavy (non-hydrogen) atoms. The van der Waals surface area contributed by atoms with Gasteiger partial charge in [0.05, 0.1) is 4.90 Å². The number of carbonyl (C=O) groups is 1. The van der Waals surface area contributed by atoms with Gasteiger partial charge in [0.25, 0.3) is 5.91 Å². The van der Waals surface area contributed by atoms with Crippen molar-refractivity contribution in [1.82, 2.24) is 14.5 Å². The lowest BCUT2D eigenvalue weighted by molar-refractivity contribution is 0.0769. The van der Waals surface area contributed by atoms with Crippen molar-refractivity contribution in [3.63, 3.8) is 0 Å². The first-order valence-electron chi connectivity index (χ1n) is 9.23. The van der Waals surface area contributed by atoms with Crippen molar-refractivity contribution >= 4 is 15.9 Å². The molecule has 142 valence electrons. The molecule has 0 unspecified atom stereocenters. The Labute approximate surface area is 155 Å². The number of rotatable bonds is 6. The van der Waals surface area contributed by atoms with Crippen molar-refractivity contribution in [2.75, 3.05) is 39.3 Å². The SMILES string of the molecule is CC1=CCN(C(=O)c2cccc(S(=O)(=O)NCCN3CCCC3)c2)CC1. The molecule has 0 saturated carbocycles. The summed E-state index contributed by atoms with van der Waals surface area (Å²) >= 11 is 0. The largest absolute Gasteiger partial charge is 0.335 e. The Morgan fingerprint density at radius 1 is 1.19 bits per heavy atom. The average molecular weight is 378 g/mol. The van der Waals surface area contributed by atoms with Crippen molar-refractivity contribution in [2.45, 2.75) is 31.1 Å². The molecule has 0 aliphatic carbocycles. The van der Waals surface area contributed by atoms with E-state index in [-0.39, 0.29) is 10.8 Å². The van der Waals surface area contributed by atoms with Crippen LogP contribution in [-0.4, -0.2) is 63.4 Å². The van der Waals surface area contributed by atoms with Crippen LogP contribution in [0.3, 0.4) is 0 Å². The minimum absolute atomic E-state index is 0.122. The molecular formula is C19H27N3O3S. The monoisotopic (exact) mass is 377 g/mol. The summed E-state index contributed by atoms with van der Waals surface area (Å²) in [6.45, 7) is 6.49. The van der Waals surface area contributed by atoms with Gasteiger partial charge in [-0.05, 0) is 57.5 Å². The molecule has 2 heterocycles. The van der Waals surface area contributed by atoms with Crippen molar-refractivity contribution < 1.29 is 13.2 Å². The highest BCUT2D eigenvalue weighted by atomic mass is 32.2. The van der Waals surface area contributed by atoms with E-state index in [0.717, 1.165) is 26.1 Å². The number of sulfonamides is 1. The van der Waals surface area contributed by atoms with E-state index in [9.17, 15) is 13.2 Å². The summed E-state index contributed by atoms with van der Waals surface area (Å²) in [5.74, 6) is -0.122. The number of hydrogen-bond donors (Lipinski definition) is 1. The van der Waals surface area contributed by atoms with Gasteiger partial charge in [-0.25, -0.2) is 13.1 Å². The lowest BCUT2D eigenvalue weighted by Gasteiger charge is -2.25.